The lowest BCUT2D eigenvalue weighted by molar-refractivity contribution is -0.159. The van der Waals surface area contributed by atoms with Crippen LogP contribution in [0, 0.1) is 0 Å². The molecule has 2 heterocycles. The Morgan fingerprint density at radius 3 is 2.50 bits per heavy atom. The Bertz CT molecular complexity index is 978. The van der Waals surface area contributed by atoms with Gasteiger partial charge in [-0.25, -0.2) is 8.78 Å². The van der Waals surface area contributed by atoms with Gasteiger partial charge in [0.2, 0.25) is 5.82 Å². The molecule has 7 nitrogen and oxygen atoms in total. The highest BCUT2D eigenvalue weighted by Gasteiger charge is 2.38. The second kappa shape index (κ2) is 7.37. The van der Waals surface area contributed by atoms with Crippen LogP contribution in [0.15, 0.2) is 35.0 Å². The van der Waals surface area contributed by atoms with Crippen LogP contribution in [-0.2, 0) is 19.8 Å². The molecule has 0 radical (unpaired) electrons. The lowest BCUT2D eigenvalue weighted by Gasteiger charge is -2.06. The summed E-state index contributed by atoms with van der Waals surface area (Å²) in [7, 11) is 1.42. The fourth-order valence-corrected chi connectivity index (χ4v) is 2.35. The van der Waals surface area contributed by atoms with E-state index in [-0.39, 0.29) is 23.5 Å². The van der Waals surface area contributed by atoms with Crippen molar-refractivity contribution in [1.29, 1.82) is 0 Å². The van der Waals surface area contributed by atoms with E-state index in [9.17, 15) is 26.7 Å². The fraction of sp³-hybridized carbons (Fsp3) is 0.250. The van der Waals surface area contributed by atoms with Gasteiger partial charge in [-0.05, 0) is 5.56 Å². The third-order valence-electron chi connectivity index (χ3n) is 3.64. The summed E-state index contributed by atoms with van der Waals surface area (Å²) in [5.41, 5.74) is 0.00854. The maximum absolute atomic E-state index is 12.9. The molecule has 12 heteroatoms. The minimum atomic E-state index is -4.74. The highest BCUT2D eigenvalue weighted by atomic mass is 19.4. The van der Waals surface area contributed by atoms with Gasteiger partial charge in [0.25, 0.3) is 12.3 Å². The normalized spacial score (nSPS) is 11.8. The number of alkyl halides is 5. The summed E-state index contributed by atoms with van der Waals surface area (Å²) in [4.78, 5) is 15.4. The quantitative estimate of drug-likeness (QED) is 0.663. The predicted molar refractivity (Wildman–Crippen MR) is 84.1 cm³/mol. The minimum absolute atomic E-state index is 0.0106. The zero-order chi connectivity index (χ0) is 20.5. The van der Waals surface area contributed by atoms with Gasteiger partial charge in [-0.3, -0.25) is 9.48 Å². The predicted octanol–water partition coefficient (Wildman–Crippen LogP) is 3.36. The Kier molecular flexibility index (Phi) is 5.12. The first-order chi connectivity index (χ1) is 13.1. The van der Waals surface area contributed by atoms with Gasteiger partial charge in [0, 0.05) is 25.4 Å². The molecule has 0 fully saturated rings. The van der Waals surface area contributed by atoms with Gasteiger partial charge in [-0.1, -0.05) is 29.4 Å². The standard InChI is InChI=1S/C16H12F5N5O2/c1-26-7-10(11(24-26)12(17)18)14(27)22-6-8-2-4-9(5-3-8)13-23-15(28-25-13)16(19,20)21/h2-5,7,12H,6H2,1H3,(H,22,27). The van der Waals surface area contributed by atoms with Crippen molar-refractivity contribution < 1.29 is 31.3 Å². The molecule has 0 saturated heterocycles. The molecule has 0 unspecified atom stereocenters. The number of halogens is 5. The van der Waals surface area contributed by atoms with Crippen molar-refractivity contribution in [1.82, 2.24) is 25.2 Å². The molecule has 3 aromatic rings. The Labute approximate surface area is 154 Å². The van der Waals surface area contributed by atoms with Crippen molar-refractivity contribution in [2.75, 3.05) is 0 Å². The second-order valence-corrected chi connectivity index (χ2v) is 5.70. The monoisotopic (exact) mass is 401 g/mol. The summed E-state index contributed by atoms with van der Waals surface area (Å²) < 4.78 is 68.5. The number of hydrogen-bond acceptors (Lipinski definition) is 5. The topological polar surface area (TPSA) is 85.8 Å². The average Bonchev–Trinajstić information content (AvgIpc) is 3.27. The molecule has 28 heavy (non-hydrogen) atoms. The molecule has 0 bridgehead atoms. The number of nitrogens with zero attached hydrogens (tertiary/aromatic N) is 4. The molecule has 1 N–H and O–H groups in total. The Morgan fingerprint density at radius 1 is 1.25 bits per heavy atom. The third kappa shape index (κ3) is 4.15. The van der Waals surface area contributed by atoms with Crippen molar-refractivity contribution in [2.45, 2.75) is 19.1 Å². The maximum Gasteiger partial charge on any atom is 0.471 e. The number of amides is 1. The summed E-state index contributed by atoms with van der Waals surface area (Å²) in [5.74, 6) is -2.41. The lowest BCUT2D eigenvalue weighted by Crippen LogP contribution is -2.23. The Balaban J connectivity index is 1.66. The summed E-state index contributed by atoms with van der Waals surface area (Å²) in [6.07, 6.45) is -6.44. The molecule has 148 valence electrons. The van der Waals surface area contributed by atoms with Crippen LogP contribution in [0.2, 0.25) is 0 Å². The highest BCUT2D eigenvalue weighted by Crippen LogP contribution is 2.29. The van der Waals surface area contributed by atoms with E-state index in [0.717, 1.165) is 4.68 Å². The first-order valence-electron chi connectivity index (χ1n) is 7.75. The molecule has 2 aromatic heterocycles. The van der Waals surface area contributed by atoms with Gasteiger partial charge in [0.15, 0.2) is 0 Å². The summed E-state index contributed by atoms with van der Waals surface area (Å²) in [6, 6.07) is 5.94. The largest absolute Gasteiger partial charge is 0.471 e. The number of nitrogens with one attached hydrogen (secondary N) is 1. The van der Waals surface area contributed by atoms with Crippen molar-refractivity contribution in [2.24, 2.45) is 7.05 Å². The minimum Gasteiger partial charge on any atom is -0.348 e. The molecule has 0 aliphatic carbocycles. The summed E-state index contributed by atoms with van der Waals surface area (Å²) >= 11 is 0. The first-order valence-corrected chi connectivity index (χ1v) is 7.75. The molecule has 1 aromatic carbocycles. The molecule has 0 spiro atoms. The zero-order valence-electron chi connectivity index (χ0n) is 14.2. The van der Waals surface area contributed by atoms with Gasteiger partial charge in [-0.2, -0.15) is 23.3 Å². The summed E-state index contributed by atoms with van der Waals surface area (Å²) in [5, 5.41) is 9.31. The molecule has 0 saturated carbocycles. The number of benzene rings is 1. The van der Waals surface area contributed by atoms with E-state index in [2.05, 4.69) is 25.1 Å². The van der Waals surface area contributed by atoms with Crippen molar-refractivity contribution in [3.63, 3.8) is 0 Å². The number of carbonyl (C=O) groups is 1. The van der Waals surface area contributed by atoms with E-state index < -0.39 is 30.1 Å². The molecular weight excluding hydrogens is 389 g/mol. The van der Waals surface area contributed by atoms with Crippen molar-refractivity contribution >= 4 is 5.91 Å². The first kappa shape index (κ1) is 19.5. The van der Waals surface area contributed by atoms with E-state index >= 15 is 0 Å². The van der Waals surface area contributed by atoms with E-state index in [4.69, 9.17) is 0 Å². The van der Waals surface area contributed by atoms with Crippen LogP contribution in [0.5, 0.6) is 0 Å². The SMILES string of the molecule is Cn1cc(C(=O)NCc2ccc(-c3noc(C(F)(F)F)n3)cc2)c(C(F)F)n1. The molecule has 3 rings (SSSR count). The maximum atomic E-state index is 12.9. The van der Waals surface area contributed by atoms with Gasteiger partial charge in [0.05, 0.1) is 5.56 Å². The number of hydrogen-bond donors (Lipinski definition) is 1. The van der Waals surface area contributed by atoms with Gasteiger partial charge in [-0.15, -0.1) is 0 Å². The molecule has 1 amide bonds. The lowest BCUT2D eigenvalue weighted by atomic mass is 10.1. The Hall–Kier alpha value is -3.31. The van der Waals surface area contributed by atoms with E-state index in [0.29, 0.717) is 5.56 Å². The number of aryl methyl sites for hydroxylation is 1. The highest BCUT2D eigenvalue weighted by molar-refractivity contribution is 5.95. The van der Waals surface area contributed by atoms with Crippen LogP contribution >= 0.6 is 0 Å². The molecule has 0 atom stereocenters. The molecule has 0 aliphatic rings. The third-order valence-corrected chi connectivity index (χ3v) is 3.64. The zero-order valence-corrected chi connectivity index (χ0v) is 14.2. The van der Waals surface area contributed by atoms with Crippen molar-refractivity contribution in [3.8, 4) is 11.4 Å². The van der Waals surface area contributed by atoms with Crippen LogP contribution in [-0.4, -0.2) is 25.8 Å². The number of rotatable bonds is 5. The average molecular weight is 401 g/mol. The van der Waals surface area contributed by atoms with Crippen LogP contribution < -0.4 is 5.32 Å². The van der Waals surface area contributed by atoms with Crippen molar-refractivity contribution in [3.05, 3.63) is 53.2 Å². The van der Waals surface area contributed by atoms with Crippen LogP contribution in [0.4, 0.5) is 22.0 Å². The fourth-order valence-electron chi connectivity index (χ4n) is 2.35. The Morgan fingerprint density at radius 2 is 1.93 bits per heavy atom. The van der Waals surface area contributed by atoms with Gasteiger partial charge in [0.1, 0.15) is 5.69 Å². The van der Waals surface area contributed by atoms with Gasteiger partial charge >= 0.3 is 12.1 Å². The van der Waals surface area contributed by atoms with Crippen LogP contribution in [0.3, 0.4) is 0 Å². The van der Waals surface area contributed by atoms with Crippen LogP contribution in [0.1, 0.15) is 33.9 Å². The van der Waals surface area contributed by atoms with Gasteiger partial charge < -0.3 is 9.84 Å². The summed E-state index contributed by atoms with van der Waals surface area (Å²) in [6.45, 7) is 0.0106. The number of aromatic nitrogens is 4. The van der Waals surface area contributed by atoms with E-state index in [1.54, 1.807) is 0 Å². The molecular formula is C16H12F5N5O2. The van der Waals surface area contributed by atoms with Crippen LogP contribution in [0.25, 0.3) is 11.4 Å². The van der Waals surface area contributed by atoms with E-state index in [1.165, 1.54) is 37.5 Å². The molecule has 0 aliphatic heterocycles. The smallest absolute Gasteiger partial charge is 0.348 e. The van der Waals surface area contributed by atoms with E-state index in [1.807, 2.05) is 0 Å². The number of carbonyl (C=O) groups excluding carboxylic acids is 1. The second-order valence-electron chi connectivity index (χ2n) is 5.70.